The van der Waals surface area contributed by atoms with Gasteiger partial charge in [-0.2, -0.15) is 8.70 Å². The SMILES string of the molecule is C=C=CCN(C/C=N/[S@](=O)C(C)(C)C)S(=O)(=O)c1ccc(C)cc1. The molecule has 0 N–H and O–H groups in total. The molecule has 24 heavy (non-hydrogen) atoms. The van der Waals surface area contributed by atoms with Gasteiger partial charge in [0.15, 0.2) is 0 Å². The molecule has 0 saturated carbocycles. The summed E-state index contributed by atoms with van der Waals surface area (Å²) in [5.74, 6) is 0. The van der Waals surface area contributed by atoms with E-state index in [1.165, 1.54) is 16.6 Å². The molecule has 1 rings (SSSR count). The van der Waals surface area contributed by atoms with Crippen LogP contribution in [-0.2, 0) is 21.0 Å². The average molecular weight is 369 g/mol. The van der Waals surface area contributed by atoms with Crippen LogP contribution in [0.5, 0.6) is 0 Å². The highest BCUT2D eigenvalue weighted by molar-refractivity contribution is 7.89. The molecule has 0 fully saturated rings. The van der Waals surface area contributed by atoms with Gasteiger partial charge in [-0.1, -0.05) is 24.3 Å². The van der Waals surface area contributed by atoms with E-state index in [4.69, 9.17) is 0 Å². The predicted octanol–water partition coefficient (Wildman–Crippen LogP) is 2.86. The van der Waals surface area contributed by atoms with Crippen molar-refractivity contribution in [3.05, 3.63) is 48.2 Å². The van der Waals surface area contributed by atoms with Crippen molar-refractivity contribution in [3.63, 3.8) is 0 Å². The van der Waals surface area contributed by atoms with E-state index in [-0.39, 0.29) is 18.0 Å². The smallest absolute Gasteiger partial charge is 0.234 e. The summed E-state index contributed by atoms with van der Waals surface area (Å²) in [6.45, 7) is 10.9. The summed E-state index contributed by atoms with van der Waals surface area (Å²) >= 11 is 0. The first-order valence-electron chi connectivity index (χ1n) is 7.44. The summed E-state index contributed by atoms with van der Waals surface area (Å²) in [4.78, 5) is 0.205. The van der Waals surface area contributed by atoms with Crippen LogP contribution >= 0.6 is 0 Å². The Hall–Kier alpha value is -1.53. The van der Waals surface area contributed by atoms with Gasteiger partial charge in [0.25, 0.3) is 0 Å². The quantitative estimate of drug-likeness (QED) is 0.549. The highest BCUT2D eigenvalue weighted by Gasteiger charge is 2.23. The molecule has 0 radical (unpaired) electrons. The lowest BCUT2D eigenvalue weighted by Crippen LogP contribution is -2.33. The van der Waals surface area contributed by atoms with Gasteiger partial charge in [0.1, 0.15) is 11.0 Å². The lowest BCUT2D eigenvalue weighted by atomic mass is 10.2. The third-order valence-corrected chi connectivity index (χ3v) is 6.31. The van der Waals surface area contributed by atoms with Crippen molar-refractivity contribution in [1.82, 2.24) is 4.31 Å². The zero-order valence-corrected chi connectivity index (χ0v) is 16.2. The molecule has 1 aromatic rings. The van der Waals surface area contributed by atoms with Crippen LogP contribution in [0.25, 0.3) is 0 Å². The maximum atomic E-state index is 12.7. The fraction of sp³-hybridized carbons (Fsp3) is 0.412. The first-order valence-corrected chi connectivity index (χ1v) is 9.99. The first kappa shape index (κ1) is 20.5. The van der Waals surface area contributed by atoms with E-state index in [1.54, 1.807) is 24.3 Å². The number of hydrogen-bond donors (Lipinski definition) is 0. The van der Waals surface area contributed by atoms with Gasteiger partial charge < -0.3 is 0 Å². The topological polar surface area (TPSA) is 66.8 Å². The monoisotopic (exact) mass is 368 g/mol. The maximum absolute atomic E-state index is 12.7. The zero-order valence-electron chi connectivity index (χ0n) is 14.5. The van der Waals surface area contributed by atoms with Crippen LogP contribution in [0.15, 0.2) is 51.9 Å². The third kappa shape index (κ3) is 5.83. The molecule has 0 aliphatic heterocycles. The number of rotatable bonds is 7. The fourth-order valence-corrected chi connectivity index (χ4v) is 3.48. The molecule has 0 aliphatic rings. The Balaban J connectivity index is 3.04. The Morgan fingerprint density at radius 2 is 1.83 bits per heavy atom. The van der Waals surface area contributed by atoms with Crippen LogP contribution in [0.4, 0.5) is 0 Å². The highest BCUT2D eigenvalue weighted by Crippen LogP contribution is 2.16. The number of nitrogens with zero attached hydrogens (tertiary/aromatic N) is 2. The summed E-state index contributed by atoms with van der Waals surface area (Å²) in [5, 5.41) is 0. The summed E-state index contributed by atoms with van der Waals surface area (Å²) in [6.07, 6.45) is 2.91. The van der Waals surface area contributed by atoms with Crippen LogP contribution in [-0.4, -0.2) is 41.0 Å². The number of sulfonamides is 1. The minimum Gasteiger partial charge on any atom is -0.234 e. The third-order valence-electron chi connectivity index (χ3n) is 3.08. The van der Waals surface area contributed by atoms with Gasteiger partial charge >= 0.3 is 0 Å². The van der Waals surface area contributed by atoms with E-state index in [1.807, 2.05) is 27.7 Å². The summed E-state index contributed by atoms with van der Waals surface area (Å²) < 4.78 is 42.1. The van der Waals surface area contributed by atoms with E-state index in [9.17, 15) is 12.6 Å². The standard InChI is InChI=1S/C17H24N2O3S2/c1-6-7-13-19(14-12-18-23(20)17(3,4)5)24(21,22)16-10-8-15(2)9-11-16/h7-12H,1,13-14H2,2-5H3/b18-12+/t23-/m1/s1. The second-order valence-corrected chi connectivity index (χ2v) is 10.1. The summed E-state index contributed by atoms with van der Waals surface area (Å²) in [5.41, 5.74) is 3.55. The first-order chi connectivity index (χ1) is 11.1. The molecule has 0 aromatic heterocycles. The number of aryl methyl sites for hydroxylation is 1. The van der Waals surface area contributed by atoms with E-state index >= 15 is 0 Å². The number of hydrogen-bond acceptors (Lipinski definition) is 3. The molecule has 0 amide bonds. The van der Waals surface area contributed by atoms with Crippen LogP contribution in [0.1, 0.15) is 26.3 Å². The van der Waals surface area contributed by atoms with Crippen LogP contribution in [0.2, 0.25) is 0 Å². The van der Waals surface area contributed by atoms with Crippen molar-refractivity contribution < 1.29 is 12.6 Å². The van der Waals surface area contributed by atoms with Crippen molar-refractivity contribution in [2.45, 2.75) is 37.3 Å². The van der Waals surface area contributed by atoms with Crippen molar-refractivity contribution >= 4 is 27.2 Å². The van der Waals surface area contributed by atoms with Crippen LogP contribution in [0, 0.1) is 6.92 Å². The largest absolute Gasteiger partial charge is 0.243 e. The predicted molar refractivity (Wildman–Crippen MR) is 100 cm³/mol. The summed E-state index contributed by atoms with van der Waals surface area (Å²) in [7, 11) is -5.10. The van der Waals surface area contributed by atoms with E-state index < -0.39 is 25.8 Å². The van der Waals surface area contributed by atoms with Gasteiger partial charge in [0.2, 0.25) is 10.0 Å². The van der Waals surface area contributed by atoms with Gasteiger partial charge in [-0.25, -0.2) is 12.6 Å². The Kier molecular flexibility index (Phi) is 7.29. The zero-order chi connectivity index (χ0) is 18.4. The van der Waals surface area contributed by atoms with Crippen molar-refractivity contribution in [2.75, 3.05) is 13.1 Å². The minimum atomic E-state index is -3.68. The van der Waals surface area contributed by atoms with Gasteiger partial charge in [0.05, 0.1) is 16.2 Å². The molecule has 0 unspecified atom stereocenters. The fourth-order valence-electron chi connectivity index (χ4n) is 1.65. The molecule has 1 aromatic carbocycles. The summed E-state index contributed by atoms with van der Waals surface area (Å²) in [6, 6.07) is 6.63. The normalized spacial score (nSPS) is 13.9. The molecule has 1 atom stereocenters. The van der Waals surface area contributed by atoms with E-state index in [0.29, 0.717) is 0 Å². The minimum absolute atomic E-state index is 0.0240. The molecule has 7 heteroatoms. The number of benzene rings is 1. The van der Waals surface area contributed by atoms with E-state index in [2.05, 4.69) is 16.7 Å². The van der Waals surface area contributed by atoms with Crippen LogP contribution < -0.4 is 0 Å². The van der Waals surface area contributed by atoms with Crippen molar-refractivity contribution in [1.29, 1.82) is 0 Å². The van der Waals surface area contributed by atoms with Crippen LogP contribution in [0.3, 0.4) is 0 Å². The van der Waals surface area contributed by atoms with E-state index in [0.717, 1.165) is 5.56 Å². The average Bonchev–Trinajstić information content (AvgIpc) is 2.49. The van der Waals surface area contributed by atoms with Gasteiger partial charge in [-0.15, -0.1) is 5.73 Å². The molecular formula is C17H24N2O3S2. The van der Waals surface area contributed by atoms with Crippen molar-refractivity contribution in [3.8, 4) is 0 Å². The molecule has 0 spiro atoms. The van der Waals surface area contributed by atoms with Gasteiger partial charge in [-0.05, 0) is 45.9 Å². The molecule has 5 nitrogen and oxygen atoms in total. The lowest BCUT2D eigenvalue weighted by Gasteiger charge is -2.19. The molecule has 0 bridgehead atoms. The molecule has 0 saturated heterocycles. The molecule has 0 aliphatic carbocycles. The highest BCUT2D eigenvalue weighted by atomic mass is 32.2. The Morgan fingerprint density at radius 3 is 2.33 bits per heavy atom. The Labute approximate surface area is 147 Å². The Morgan fingerprint density at radius 1 is 1.25 bits per heavy atom. The van der Waals surface area contributed by atoms with Gasteiger partial charge in [0, 0.05) is 12.8 Å². The lowest BCUT2D eigenvalue weighted by molar-refractivity contribution is 0.483. The van der Waals surface area contributed by atoms with Gasteiger partial charge in [-0.3, -0.25) is 0 Å². The molecule has 132 valence electrons. The maximum Gasteiger partial charge on any atom is 0.243 e. The Bertz CT molecular complexity index is 754. The molecular weight excluding hydrogens is 344 g/mol. The molecule has 0 heterocycles. The van der Waals surface area contributed by atoms with Crippen molar-refractivity contribution in [2.24, 2.45) is 4.40 Å². The second kappa shape index (κ2) is 8.53. The second-order valence-electron chi connectivity index (χ2n) is 6.19.